The molecule has 0 spiro atoms. The van der Waals surface area contributed by atoms with Crippen LogP contribution in [0.25, 0.3) is 0 Å². The zero-order chi connectivity index (χ0) is 11.5. The fourth-order valence-electron chi connectivity index (χ4n) is 1.84. The minimum absolute atomic E-state index is 0.104. The molecule has 4 heteroatoms. The van der Waals surface area contributed by atoms with Gasteiger partial charge in [-0.3, -0.25) is 0 Å². The number of hydrogen-bond donors (Lipinski definition) is 1. The third-order valence-corrected chi connectivity index (χ3v) is 2.56. The Morgan fingerprint density at radius 1 is 1.50 bits per heavy atom. The highest BCUT2D eigenvalue weighted by molar-refractivity contribution is 5.47. The Morgan fingerprint density at radius 3 is 3.00 bits per heavy atom. The summed E-state index contributed by atoms with van der Waals surface area (Å²) in [5, 5.41) is 0. The number of nitrogens with two attached hydrogens (primary N) is 1. The van der Waals surface area contributed by atoms with Crippen LogP contribution in [0.3, 0.4) is 0 Å². The molecule has 0 saturated heterocycles. The number of benzene rings is 1. The van der Waals surface area contributed by atoms with Crippen molar-refractivity contribution in [2.24, 2.45) is 5.73 Å². The second-order valence-electron chi connectivity index (χ2n) is 4.06. The Morgan fingerprint density at radius 2 is 2.31 bits per heavy atom. The average molecular weight is 223 g/mol. The van der Waals surface area contributed by atoms with Gasteiger partial charge in [0.1, 0.15) is 11.5 Å². The van der Waals surface area contributed by atoms with Crippen LogP contribution < -0.4 is 15.2 Å². The molecule has 0 aliphatic carbocycles. The van der Waals surface area contributed by atoms with Crippen molar-refractivity contribution < 1.29 is 14.2 Å². The van der Waals surface area contributed by atoms with Gasteiger partial charge < -0.3 is 19.9 Å². The maximum atomic E-state index is 5.80. The Balaban J connectivity index is 2.35. The Bertz CT molecular complexity index is 377. The van der Waals surface area contributed by atoms with E-state index in [1.165, 1.54) is 0 Å². The van der Waals surface area contributed by atoms with Crippen molar-refractivity contribution in [2.75, 3.05) is 13.9 Å². The maximum absolute atomic E-state index is 5.80. The molecule has 1 aromatic rings. The lowest BCUT2D eigenvalue weighted by Gasteiger charge is -2.20. The molecular formula is C12H17NO3. The first-order valence-corrected chi connectivity index (χ1v) is 5.36. The van der Waals surface area contributed by atoms with Gasteiger partial charge in [-0.1, -0.05) is 0 Å². The molecule has 1 atom stereocenters. The second kappa shape index (κ2) is 4.72. The molecule has 1 heterocycles. The molecule has 16 heavy (non-hydrogen) atoms. The van der Waals surface area contributed by atoms with Crippen LogP contribution in [0.2, 0.25) is 0 Å². The molecule has 0 bridgehead atoms. The van der Waals surface area contributed by atoms with Crippen LogP contribution in [0, 0.1) is 0 Å². The van der Waals surface area contributed by atoms with E-state index in [-0.39, 0.29) is 6.04 Å². The van der Waals surface area contributed by atoms with E-state index in [0.29, 0.717) is 13.4 Å². The standard InChI is InChI=1S/C12H17NO3/c1-8(13)3-9-4-12-10(5-11(9)14-2)6-15-7-16-12/h4-5,8H,3,6-7,13H2,1-2H3. The van der Waals surface area contributed by atoms with Crippen LogP contribution in [-0.2, 0) is 17.8 Å². The predicted octanol–water partition coefficient (Wildman–Crippen LogP) is 1.45. The summed E-state index contributed by atoms with van der Waals surface area (Å²) < 4.78 is 16.0. The van der Waals surface area contributed by atoms with Gasteiger partial charge in [-0.2, -0.15) is 0 Å². The number of methoxy groups -OCH3 is 1. The summed E-state index contributed by atoms with van der Waals surface area (Å²) in [6.45, 7) is 2.87. The Kier molecular flexibility index (Phi) is 3.31. The van der Waals surface area contributed by atoms with Gasteiger partial charge in [-0.15, -0.1) is 0 Å². The van der Waals surface area contributed by atoms with Crippen molar-refractivity contribution in [2.45, 2.75) is 26.0 Å². The quantitative estimate of drug-likeness (QED) is 0.842. The molecule has 0 radical (unpaired) electrons. The molecule has 2 rings (SSSR count). The van der Waals surface area contributed by atoms with Crippen molar-refractivity contribution in [3.8, 4) is 11.5 Å². The van der Waals surface area contributed by atoms with Crippen LogP contribution in [-0.4, -0.2) is 19.9 Å². The molecule has 1 aromatic carbocycles. The van der Waals surface area contributed by atoms with Gasteiger partial charge in [0.2, 0.25) is 0 Å². The average Bonchev–Trinajstić information content (AvgIpc) is 2.27. The van der Waals surface area contributed by atoms with Crippen molar-refractivity contribution in [1.29, 1.82) is 0 Å². The molecule has 0 saturated carbocycles. The minimum Gasteiger partial charge on any atom is -0.496 e. The Hall–Kier alpha value is -1.26. The van der Waals surface area contributed by atoms with Crippen molar-refractivity contribution in [1.82, 2.24) is 0 Å². The highest BCUT2D eigenvalue weighted by Crippen LogP contribution is 2.32. The smallest absolute Gasteiger partial charge is 0.189 e. The van der Waals surface area contributed by atoms with E-state index in [9.17, 15) is 0 Å². The number of rotatable bonds is 3. The number of fused-ring (bicyclic) bond motifs is 1. The summed E-state index contributed by atoms with van der Waals surface area (Å²) >= 11 is 0. The third kappa shape index (κ3) is 2.28. The number of ether oxygens (including phenoxy) is 3. The first-order valence-electron chi connectivity index (χ1n) is 5.36. The zero-order valence-electron chi connectivity index (χ0n) is 9.66. The van der Waals surface area contributed by atoms with E-state index in [1.807, 2.05) is 19.1 Å². The van der Waals surface area contributed by atoms with Crippen LogP contribution >= 0.6 is 0 Å². The van der Waals surface area contributed by atoms with E-state index in [1.54, 1.807) is 7.11 Å². The zero-order valence-corrected chi connectivity index (χ0v) is 9.66. The second-order valence-corrected chi connectivity index (χ2v) is 4.06. The molecule has 0 aromatic heterocycles. The monoisotopic (exact) mass is 223 g/mol. The largest absolute Gasteiger partial charge is 0.496 e. The molecule has 0 fully saturated rings. The summed E-state index contributed by atoms with van der Waals surface area (Å²) in [7, 11) is 1.66. The van der Waals surface area contributed by atoms with Crippen molar-refractivity contribution in [3.63, 3.8) is 0 Å². The van der Waals surface area contributed by atoms with E-state index in [2.05, 4.69) is 0 Å². The molecule has 0 amide bonds. The molecular weight excluding hydrogens is 206 g/mol. The Labute approximate surface area is 95.3 Å². The van der Waals surface area contributed by atoms with Gasteiger partial charge in [0.05, 0.1) is 13.7 Å². The molecule has 2 N–H and O–H groups in total. The first-order chi connectivity index (χ1) is 7.70. The summed E-state index contributed by atoms with van der Waals surface area (Å²) in [6, 6.07) is 4.07. The fourth-order valence-corrected chi connectivity index (χ4v) is 1.84. The van der Waals surface area contributed by atoms with Gasteiger partial charge in [0.15, 0.2) is 6.79 Å². The van der Waals surface area contributed by atoms with E-state index >= 15 is 0 Å². The summed E-state index contributed by atoms with van der Waals surface area (Å²) in [4.78, 5) is 0. The van der Waals surface area contributed by atoms with Gasteiger partial charge in [0, 0.05) is 11.6 Å². The fraction of sp³-hybridized carbons (Fsp3) is 0.500. The van der Waals surface area contributed by atoms with Crippen molar-refractivity contribution >= 4 is 0 Å². The molecule has 4 nitrogen and oxygen atoms in total. The summed E-state index contributed by atoms with van der Waals surface area (Å²) in [5.41, 5.74) is 7.91. The van der Waals surface area contributed by atoms with Crippen molar-refractivity contribution in [3.05, 3.63) is 23.3 Å². The van der Waals surface area contributed by atoms with Crippen LogP contribution in [0.4, 0.5) is 0 Å². The molecule has 88 valence electrons. The van der Waals surface area contributed by atoms with Gasteiger partial charge in [-0.25, -0.2) is 0 Å². The predicted molar refractivity (Wildman–Crippen MR) is 60.6 cm³/mol. The van der Waals surface area contributed by atoms with Crippen LogP contribution in [0.1, 0.15) is 18.1 Å². The van der Waals surface area contributed by atoms with Gasteiger partial charge >= 0.3 is 0 Å². The molecule has 1 unspecified atom stereocenters. The lowest BCUT2D eigenvalue weighted by atomic mass is 10.0. The molecule has 1 aliphatic rings. The van der Waals surface area contributed by atoms with Crippen LogP contribution in [0.15, 0.2) is 12.1 Å². The third-order valence-electron chi connectivity index (χ3n) is 2.56. The topological polar surface area (TPSA) is 53.7 Å². The number of hydrogen-bond acceptors (Lipinski definition) is 4. The van der Waals surface area contributed by atoms with E-state index < -0.39 is 0 Å². The van der Waals surface area contributed by atoms with E-state index in [0.717, 1.165) is 29.0 Å². The maximum Gasteiger partial charge on any atom is 0.189 e. The lowest BCUT2D eigenvalue weighted by Crippen LogP contribution is -2.19. The lowest BCUT2D eigenvalue weighted by molar-refractivity contribution is -0.0165. The highest BCUT2D eigenvalue weighted by atomic mass is 16.7. The first kappa shape index (κ1) is 11.2. The van der Waals surface area contributed by atoms with Gasteiger partial charge in [-0.05, 0) is 31.0 Å². The van der Waals surface area contributed by atoms with Gasteiger partial charge in [0.25, 0.3) is 0 Å². The van der Waals surface area contributed by atoms with Crippen LogP contribution in [0.5, 0.6) is 11.5 Å². The molecule has 1 aliphatic heterocycles. The minimum atomic E-state index is 0.104. The summed E-state index contributed by atoms with van der Waals surface area (Å²) in [6.07, 6.45) is 0.778. The highest BCUT2D eigenvalue weighted by Gasteiger charge is 2.15. The summed E-state index contributed by atoms with van der Waals surface area (Å²) in [5.74, 6) is 1.73. The van der Waals surface area contributed by atoms with E-state index in [4.69, 9.17) is 19.9 Å². The normalized spacial score (nSPS) is 16.2. The SMILES string of the molecule is COc1cc2c(cc1CC(C)N)OCOC2.